The molecule has 0 aliphatic carbocycles. The summed E-state index contributed by atoms with van der Waals surface area (Å²) in [6, 6.07) is 0. The molecule has 47 heavy (non-hydrogen) atoms. The van der Waals surface area contributed by atoms with E-state index in [0.717, 1.165) is 77.0 Å². The maximum atomic E-state index is 12.4. The van der Waals surface area contributed by atoms with E-state index in [0.29, 0.717) is 12.8 Å². The SMILES string of the molecule is CC/C=C/C/C=C/C/C=C/C/C=C/CCCCCCC(=O)OC(COC(C)=O)COC(=O)CCCCCCCCCCCCCCC. The second-order valence-corrected chi connectivity index (χ2v) is 12.5. The first kappa shape index (κ1) is 44.4. The molecule has 0 amide bonds. The van der Waals surface area contributed by atoms with E-state index in [-0.39, 0.29) is 25.2 Å². The third kappa shape index (κ3) is 36.1. The van der Waals surface area contributed by atoms with Crippen molar-refractivity contribution in [3.05, 3.63) is 48.6 Å². The van der Waals surface area contributed by atoms with E-state index in [1.165, 1.54) is 71.1 Å². The molecule has 0 fully saturated rings. The van der Waals surface area contributed by atoms with Gasteiger partial charge in [-0.2, -0.15) is 0 Å². The number of rotatable bonds is 33. The van der Waals surface area contributed by atoms with Crippen molar-refractivity contribution in [2.45, 2.75) is 181 Å². The second-order valence-electron chi connectivity index (χ2n) is 12.5. The van der Waals surface area contributed by atoms with Crippen LogP contribution in [-0.4, -0.2) is 37.2 Å². The van der Waals surface area contributed by atoms with Gasteiger partial charge < -0.3 is 14.2 Å². The minimum absolute atomic E-state index is 0.0921. The van der Waals surface area contributed by atoms with Crippen LogP contribution in [0.2, 0.25) is 0 Å². The monoisotopic (exact) mass is 659 g/mol. The summed E-state index contributed by atoms with van der Waals surface area (Å²) in [5, 5.41) is 0. The average molecular weight is 659 g/mol. The van der Waals surface area contributed by atoms with E-state index < -0.39 is 12.1 Å². The van der Waals surface area contributed by atoms with Crippen molar-refractivity contribution in [3.63, 3.8) is 0 Å². The minimum Gasteiger partial charge on any atom is -0.462 e. The quantitative estimate of drug-likeness (QED) is 0.0302. The Morgan fingerprint density at radius 3 is 1.43 bits per heavy atom. The number of hydrogen-bond acceptors (Lipinski definition) is 6. The van der Waals surface area contributed by atoms with Gasteiger partial charge in [0.05, 0.1) is 0 Å². The molecule has 1 atom stereocenters. The summed E-state index contributed by atoms with van der Waals surface area (Å²) in [6.45, 7) is 5.50. The summed E-state index contributed by atoms with van der Waals surface area (Å²) in [5.41, 5.74) is 0. The van der Waals surface area contributed by atoms with Crippen LogP contribution in [0.1, 0.15) is 175 Å². The summed E-state index contributed by atoms with van der Waals surface area (Å²) in [5.74, 6) is -1.11. The first-order valence-corrected chi connectivity index (χ1v) is 19.1. The maximum Gasteiger partial charge on any atom is 0.306 e. The summed E-state index contributed by atoms with van der Waals surface area (Å²) in [4.78, 5) is 35.9. The summed E-state index contributed by atoms with van der Waals surface area (Å²) in [7, 11) is 0. The fourth-order valence-corrected chi connectivity index (χ4v) is 5.10. The molecule has 6 heteroatoms. The zero-order valence-electron chi connectivity index (χ0n) is 30.5. The lowest BCUT2D eigenvalue weighted by atomic mass is 10.0. The first-order chi connectivity index (χ1) is 23.0. The van der Waals surface area contributed by atoms with E-state index in [2.05, 4.69) is 62.5 Å². The predicted molar refractivity (Wildman–Crippen MR) is 196 cm³/mol. The van der Waals surface area contributed by atoms with Crippen molar-refractivity contribution in [1.29, 1.82) is 0 Å². The highest BCUT2D eigenvalue weighted by molar-refractivity contribution is 5.70. The van der Waals surface area contributed by atoms with Gasteiger partial charge in [-0.1, -0.05) is 152 Å². The smallest absolute Gasteiger partial charge is 0.306 e. The Morgan fingerprint density at radius 1 is 0.489 bits per heavy atom. The van der Waals surface area contributed by atoms with Crippen molar-refractivity contribution in [2.75, 3.05) is 13.2 Å². The zero-order valence-corrected chi connectivity index (χ0v) is 30.5. The molecule has 0 aliphatic heterocycles. The molecule has 0 rings (SSSR count). The van der Waals surface area contributed by atoms with Crippen molar-refractivity contribution in [3.8, 4) is 0 Å². The molecule has 0 saturated heterocycles. The standard InChI is InChI=1S/C41H70O6/c1-4-6-8-10-12-14-16-18-19-20-21-23-25-27-29-31-33-35-41(44)47-39(36-45-38(3)42)37-46-40(43)34-32-30-28-26-24-22-17-15-13-11-9-7-5-2/h6,8,12,14,18-19,21,23,39H,4-5,7,9-11,13,15-17,20,22,24-37H2,1-3H3/b8-6+,14-12+,19-18+,23-21+. The molecule has 0 heterocycles. The Kier molecular flexibility index (Phi) is 34.2. The van der Waals surface area contributed by atoms with E-state index >= 15 is 0 Å². The van der Waals surface area contributed by atoms with Crippen molar-refractivity contribution in [2.24, 2.45) is 0 Å². The van der Waals surface area contributed by atoms with Gasteiger partial charge in [0.25, 0.3) is 0 Å². The average Bonchev–Trinajstić information content (AvgIpc) is 3.05. The molecular formula is C41H70O6. The van der Waals surface area contributed by atoms with Gasteiger partial charge in [0.15, 0.2) is 6.10 Å². The van der Waals surface area contributed by atoms with Gasteiger partial charge in [0, 0.05) is 19.8 Å². The molecule has 0 saturated carbocycles. The summed E-state index contributed by atoms with van der Waals surface area (Å²) >= 11 is 0. The van der Waals surface area contributed by atoms with Gasteiger partial charge >= 0.3 is 17.9 Å². The van der Waals surface area contributed by atoms with Crippen LogP contribution in [0.25, 0.3) is 0 Å². The molecule has 0 N–H and O–H groups in total. The first-order valence-electron chi connectivity index (χ1n) is 19.1. The second kappa shape index (κ2) is 36.2. The Hall–Kier alpha value is -2.63. The Morgan fingerprint density at radius 2 is 0.915 bits per heavy atom. The molecule has 0 radical (unpaired) electrons. The van der Waals surface area contributed by atoms with Crippen LogP contribution in [0.5, 0.6) is 0 Å². The molecule has 0 bridgehead atoms. The van der Waals surface area contributed by atoms with Crippen molar-refractivity contribution in [1.82, 2.24) is 0 Å². The molecule has 1 unspecified atom stereocenters. The molecule has 0 aromatic heterocycles. The van der Waals surface area contributed by atoms with Gasteiger partial charge in [-0.15, -0.1) is 0 Å². The molecule has 0 aromatic rings. The van der Waals surface area contributed by atoms with Crippen LogP contribution < -0.4 is 0 Å². The Balaban J connectivity index is 3.92. The van der Waals surface area contributed by atoms with E-state index in [1.807, 2.05) is 0 Å². The van der Waals surface area contributed by atoms with E-state index in [4.69, 9.17) is 14.2 Å². The molecule has 0 aromatic carbocycles. The number of esters is 3. The van der Waals surface area contributed by atoms with Crippen LogP contribution in [0.3, 0.4) is 0 Å². The predicted octanol–water partition coefficient (Wildman–Crippen LogP) is 11.6. The molecule has 0 spiro atoms. The van der Waals surface area contributed by atoms with Gasteiger partial charge in [-0.25, -0.2) is 0 Å². The number of hydrogen-bond donors (Lipinski definition) is 0. The highest BCUT2D eigenvalue weighted by Gasteiger charge is 2.18. The maximum absolute atomic E-state index is 12.4. The van der Waals surface area contributed by atoms with Gasteiger partial charge in [0.2, 0.25) is 0 Å². The lowest BCUT2D eigenvalue weighted by Gasteiger charge is -2.17. The number of carbonyl (C=O) groups is 3. The number of unbranched alkanes of at least 4 members (excludes halogenated alkanes) is 16. The highest BCUT2D eigenvalue weighted by Crippen LogP contribution is 2.14. The minimum atomic E-state index is -0.778. The molecular weight excluding hydrogens is 588 g/mol. The van der Waals surface area contributed by atoms with Crippen LogP contribution >= 0.6 is 0 Å². The zero-order chi connectivity index (χ0) is 34.5. The van der Waals surface area contributed by atoms with E-state index in [1.54, 1.807) is 0 Å². The fraction of sp³-hybridized carbons (Fsp3) is 0.732. The largest absolute Gasteiger partial charge is 0.462 e. The lowest BCUT2D eigenvalue weighted by Crippen LogP contribution is -2.30. The van der Waals surface area contributed by atoms with Crippen LogP contribution in [0.15, 0.2) is 48.6 Å². The van der Waals surface area contributed by atoms with E-state index in [9.17, 15) is 14.4 Å². The van der Waals surface area contributed by atoms with Crippen molar-refractivity contribution >= 4 is 17.9 Å². The molecule has 6 nitrogen and oxygen atoms in total. The highest BCUT2D eigenvalue weighted by atomic mass is 16.6. The number of ether oxygens (including phenoxy) is 3. The summed E-state index contributed by atoms with van der Waals surface area (Å²) < 4.78 is 15.9. The van der Waals surface area contributed by atoms with Crippen LogP contribution in [-0.2, 0) is 28.6 Å². The Bertz CT molecular complexity index is 856. The topological polar surface area (TPSA) is 78.9 Å². The Labute approximate surface area is 288 Å². The third-order valence-corrected chi connectivity index (χ3v) is 7.91. The molecule has 0 aliphatic rings. The van der Waals surface area contributed by atoms with Gasteiger partial charge in [-0.3, -0.25) is 14.4 Å². The van der Waals surface area contributed by atoms with Crippen LogP contribution in [0, 0.1) is 0 Å². The van der Waals surface area contributed by atoms with Gasteiger partial charge in [-0.05, 0) is 51.4 Å². The third-order valence-electron chi connectivity index (χ3n) is 7.91. The molecule has 270 valence electrons. The normalized spacial score (nSPS) is 12.5. The van der Waals surface area contributed by atoms with Gasteiger partial charge in [0.1, 0.15) is 13.2 Å². The summed E-state index contributed by atoms with van der Waals surface area (Å²) in [6.07, 6.45) is 42.7. The fourth-order valence-electron chi connectivity index (χ4n) is 5.10. The lowest BCUT2D eigenvalue weighted by molar-refractivity contribution is -0.166. The number of carbonyl (C=O) groups excluding carboxylic acids is 3. The number of allylic oxidation sites excluding steroid dienone is 8. The van der Waals surface area contributed by atoms with Crippen molar-refractivity contribution < 1.29 is 28.6 Å². The van der Waals surface area contributed by atoms with Crippen LogP contribution in [0.4, 0.5) is 0 Å².